The van der Waals surface area contributed by atoms with E-state index in [2.05, 4.69) is 10.6 Å². The number of benzene rings is 1. The highest BCUT2D eigenvalue weighted by molar-refractivity contribution is 5.74. The number of urea groups is 1. The molecule has 0 radical (unpaired) electrons. The van der Waals surface area contributed by atoms with Gasteiger partial charge in [0.2, 0.25) is 0 Å². The normalized spacial score (nSPS) is 11.1. The summed E-state index contributed by atoms with van der Waals surface area (Å²) in [7, 11) is 1.57. The number of nitrogens with one attached hydrogen (secondary N) is 2. The maximum absolute atomic E-state index is 12.8. The van der Waals surface area contributed by atoms with Crippen molar-refractivity contribution in [1.82, 2.24) is 10.6 Å². The monoisotopic (exact) mass is 254 g/mol. The molecule has 1 aromatic carbocycles. The van der Waals surface area contributed by atoms with Crippen molar-refractivity contribution in [3.63, 3.8) is 0 Å². The third-order valence-electron chi connectivity index (χ3n) is 2.58. The van der Waals surface area contributed by atoms with E-state index in [-0.39, 0.29) is 11.8 Å². The van der Waals surface area contributed by atoms with E-state index in [9.17, 15) is 9.18 Å². The molecular formula is C13H19FN2O2. The summed E-state index contributed by atoms with van der Waals surface area (Å²) in [5, 5.41) is 5.49. The van der Waals surface area contributed by atoms with E-state index in [1.54, 1.807) is 19.2 Å². The molecule has 0 aliphatic rings. The molecule has 100 valence electrons. The zero-order valence-electron chi connectivity index (χ0n) is 10.9. The zero-order chi connectivity index (χ0) is 13.6. The Labute approximate surface area is 107 Å². The van der Waals surface area contributed by atoms with Gasteiger partial charge < -0.3 is 15.4 Å². The average Bonchev–Trinajstić information content (AvgIpc) is 2.29. The van der Waals surface area contributed by atoms with Crippen molar-refractivity contribution >= 4 is 6.03 Å². The summed E-state index contributed by atoms with van der Waals surface area (Å²) in [4.78, 5) is 11.6. The van der Waals surface area contributed by atoms with Crippen molar-refractivity contribution in [2.45, 2.75) is 19.4 Å². The second-order valence-electron chi connectivity index (χ2n) is 4.51. The Balaban J connectivity index is 2.58. The molecule has 1 rings (SSSR count). The van der Waals surface area contributed by atoms with Crippen LogP contribution in [0.2, 0.25) is 0 Å². The predicted octanol–water partition coefficient (Wildman–Crippen LogP) is 2.01. The van der Waals surface area contributed by atoms with Crippen LogP contribution in [-0.4, -0.2) is 26.3 Å². The Bertz CT molecular complexity index is 390. The Morgan fingerprint density at radius 3 is 2.50 bits per heavy atom. The molecule has 0 bridgehead atoms. The lowest BCUT2D eigenvalue weighted by Gasteiger charge is -2.27. The lowest BCUT2D eigenvalue weighted by atomic mass is 9.94. The summed E-state index contributed by atoms with van der Waals surface area (Å²) in [6.45, 7) is 4.62. The van der Waals surface area contributed by atoms with E-state index >= 15 is 0 Å². The van der Waals surface area contributed by atoms with Gasteiger partial charge in [-0.15, -0.1) is 0 Å². The Kier molecular flexibility index (Phi) is 5.09. The molecule has 5 heteroatoms. The van der Waals surface area contributed by atoms with Crippen LogP contribution in [0.15, 0.2) is 24.3 Å². The van der Waals surface area contributed by atoms with E-state index in [1.807, 2.05) is 13.8 Å². The van der Waals surface area contributed by atoms with Crippen LogP contribution in [0, 0.1) is 5.82 Å². The standard InChI is InChI=1S/C13H19FN2O2/c1-13(2,10-4-6-11(14)7-5-10)16-12(17)15-8-9-18-3/h4-7H,8-9H2,1-3H3,(H2,15,16,17). The summed E-state index contributed by atoms with van der Waals surface area (Å²) in [5.74, 6) is -0.293. The van der Waals surface area contributed by atoms with Gasteiger partial charge in [-0.3, -0.25) is 0 Å². The number of carbonyl (C=O) groups is 1. The van der Waals surface area contributed by atoms with Crippen LogP contribution >= 0.6 is 0 Å². The first-order valence-corrected chi connectivity index (χ1v) is 5.76. The number of amides is 2. The zero-order valence-corrected chi connectivity index (χ0v) is 10.9. The minimum Gasteiger partial charge on any atom is -0.383 e. The fourth-order valence-corrected chi connectivity index (χ4v) is 1.53. The number of rotatable bonds is 5. The molecule has 2 N–H and O–H groups in total. The van der Waals surface area contributed by atoms with Crippen LogP contribution in [0.25, 0.3) is 0 Å². The highest BCUT2D eigenvalue weighted by Crippen LogP contribution is 2.19. The maximum Gasteiger partial charge on any atom is 0.315 e. The molecule has 0 fully saturated rings. The average molecular weight is 254 g/mol. The predicted molar refractivity (Wildman–Crippen MR) is 67.8 cm³/mol. The topological polar surface area (TPSA) is 50.4 Å². The third kappa shape index (κ3) is 4.33. The smallest absolute Gasteiger partial charge is 0.315 e. The van der Waals surface area contributed by atoms with Gasteiger partial charge in [0, 0.05) is 13.7 Å². The molecule has 0 saturated heterocycles. The van der Waals surface area contributed by atoms with Gasteiger partial charge in [-0.25, -0.2) is 9.18 Å². The van der Waals surface area contributed by atoms with Gasteiger partial charge in [0.05, 0.1) is 12.1 Å². The SMILES string of the molecule is COCCNC(=O)NC(C)(C)c1ccc(F)cc1. The van der Waals surface area contributed by atoms with Crippen molar-refractivity contribution in [1.29, 1.82) is 0 Å². The molecular weight excluding hydrogens is 235 g/mol. The molecule has 0 atom stereocenters. The number of methoxy groups -OCH3 is 1. The largest absolute Gasteiger partial charge is 0.383 e. The molecule has 18 heavy (non-hydrogen) atoms. The third-order valence-corrected chi connectivity index (χ3v) is 2.58. The first-order valence-electron chi connectivity index (χ1n) is 5.76. The summed E-state index contributed by atoms with van der Waals surface area (Å²) >= 11 is 0. The number of carbonyl (C=O) groups excluding carboxylic acids is 1. The van der Waals surface area contributed by atoms with Gasteiger partial charge in [-0.2, -0.15) is 0 Å². The second kappa shape index (κ2) is 6.35. The minimum absolute atomic E-state index is 0.277. The second-order valence-corrected chi connectivity index (χ2v) is 4.51. The van der Waals surface area contributed by atoms with Gasteiger partial charge in [-0.1, -0.05) is 12.1 Å². The van der Waals surface area contributed by atoms with Crippen LogP contribution in [-0.2, 0) is 10.3 Å². The quantitative estimate of drug-likeness (QED) is 0.790. The van der Waals surface area contributed by atoms with E-state index in [4.69, 9.17) is 4.74 Å². The number of hydrogen-bond acceptors (Lipinski definition) is 2. The van der Waals surface area contributed by atoms with Crippen LogP contribution < -0.4 is 10.6 Å². The molecule has 4 nitrogen and oxygen atoms in total. The summed E-state index contributed by atoms with van der Waals surface area (Å²) in [6, 6.07) is 5.79. The Morgan fingerprint density at radius 1 is 1.33 bits per heavy atom. The molecule has 0 aromatic heterocycles. The Hall–Kier alpha value is -1.62. The van der Waals surface area contributed by atoms with Crippen LogP contribution in [0.3, 0.4) is 0 Å². The fraction of sp³-hybridized carbons (Fsp3) is 0.462. The fourth-order valence-electron chi connectivity index (χ4n) is 1.53. The van der Waals surface area contributed by atoms with Crippen molar-refractivity contribution in [3.8, 4) is 0 Å². The highest BCUT2D eigenvalue weighted by Gasteiger charge is 2.22. The van der Waals surface area contributed by atoms with Gasteiger partial charge in [0.15, 0.2) is 0 Å². The summed E-state index contributed by atoms with van der Waals surface area (Å²) in [6.07, 6.45) is 0. The molecule has 0 spiro atoms. The molecule has 0 aliphatic carbocycles. The van der Waals surface area contributed by atoms with Crippen molar-refractivity contribution in [2.75, 3.05) is 20.3 Å². The van der Waals surface area contributed by atoms with E-state index in [0.717, 1.165) is 5.56 Å². The lowest BCUT2D eigenvalue weighted by Crippen LogP contribution is -2.47. The summed E-state index contributed by atoms with van der Waals surface area (Å²) < 4.78 is 17.7. The molecule has 0 aliphatic heterocycles. The van der Waals surface area contributed by atoms with E-state index < -0.39 is 5.54 Å². The highest BCUT2D eigenvalue weighted by atomic mass is 19.1. The van der Waals surface area contributed by atoms with Gasteiger partial charge in [0.25, 0.3) is 0 Å². The van der Waals surface area contributed by atoms with Gasteiger partial charge in [-0.05, 0) is 31.5 Å². The molecule has 1 aromatic rings. The molecule has 0 unspecified atom stereocenters. The first-order chi connectivity index (χ1) is 8.45. The minimum atomic E-state index is -0.565. The van der Waals surface area contributed by atoms with Gasteiger partial charge in [0.1, 0.15) is 5.82 Å². The van der Waals surface area contributed by atoms with Crippen molar-refractivity contribution in [3.05, 3.63) is 35.6 Å². The van der Waals surface area contributed by atoms with Crippen LogP contribution in [0.1, 0.15) is 19.4 Å². The molecule has 0 saturated carbocycles. The lowest BCUT2D eigenvalue weighted by molar-refractivity contribution is 0.193. The Morgan fingerprint density at radius 2 is 1.94 bits per heavy atom. The number of ether oxygens (including phenoxy) is 1. The van der Waals surface area contributed by atoms with Crippen molar-refractivity contribution < 1.29 is 13.9 Å². The van der Waals surface area contributed by atoms with Crippen LogP contribution in [0.5, 0.6) is 0 Å². The van der Waals surface area contributed by atoms with Crippen LogP contribution in [0.4, 0.5) is 9.18 Å². The van der Waals surface area contributed by atoms with Crippen molar-refractivity contribution in [2.24, 2.45) is 0 Å². The molecule has 2 amide bonds. The molecule has 0 heterocycles. The van der Waals surface area contributed by atoms with E-state index in [0.29, 0.717) is 13.2 Å². The maximum atomic E-state index is 12.8. The summed E-state index contributed by atoms with van der Waals surface area (Å²) in [5.41, 5.74) is 0.274. The number of halogens is 1. The number of hydrogen-bond donors (Lipinski definition) is 2. The first kappa shape index (κ1) is 14.4. The van der Waals surface area contributed by atoms with E-state index in [1.165, 1.54) is 12.1 Å². The van der Waals surface area contributed by atoms with Gasteiger partial charge >= 0.3 is 6.03 Å².